The second-order valence-electron chi connectivity index (χ2n) is 7.86. The van der Waals surface area contributed by atoms with Gasteiger partial charge in [0.1, 0.15) is 22.0 Å². The Labute approximate surface area is 200 Å². The molecule has 0 saturated heterocycles. The Morgan fingerprint density at radius 2 is 1.82 bits per heavy atom. The van der Waals surface area contributed by atoms with Gasteiger partial charge in [-0.15, -0.1) is 11.3 Å². The number of nitrogens with one attached hydrogen (secondary N) is 1. The monoisotopic (exact) mass is 499 g/mol. The zero-order valence-corrected chi connectivity index (χ0v) is 20.6. The van der Waals surface area contributed by atoms with E-state index in [1.165, 1.54) is 28.0 Å². The average Bonchev–Trinajstić information content (AvgIpc) is 3.15. The van der Waals surface area contributed by atoms with Gasteiger partial charge in [-0.2, -0.15) is 0 Å². The van der Waals surface area contributed by atoms with Crippen LogP contribution in [0, 0.1) is 26.6 Å². The number of rotatable bonds is 6. The molecule has 0 bridgehead atoms. The van der Waals surface area contributed by atoms with Gasteiger partial charge < -0.3 is 9.30 Å². The van der Waals surface area contributed by atoms with Crippen LogP contribution in [0.1, 0.15) is 16.1 Å². The van der Waals surface area contributed by atoms with Crippen molar-refractivity contribution in [2.45, 2.75) is 20.8 Å². The Kier molecular flexibility index (Phi) is 6.05. The van der Waals surface area contributed by atoms with Crippen LogP contribution in [0.25, 0.3) is 21.3 Å². The van der Waals surface area contributed by atoms with Crippen LogP contribution in [0.4, 0.5) is 10.1 Å². The van der Waals surface area contributed by atoms with Gasteiger partial charge in [0.2, 0.25) is 0 Å². The number of anilines is 1. The number of halogens is 1. The van der Waals surface area contributed by atoms with E-state index in [1.54, 1.807) is 45.3 Å². The summed E-state index contributed by atoms with van der Waals surface area (Å²) in [5, 5.41) is 1.53. The van der Waals surface area contributed by atoms with Gasteiger partial charge in [0, 0.05) is 35.5 Å². The van der Waals surface area contributed by atoms with E-state index >= 15 is 0 Å². The third kappa shape index (κ3) is 4.46. The lowest BCUT2D eigenvalue weighted by atomic mass is 10.0. The van der Waals surface area contributed by atoms with Crippen molar-refractivity contribution in [3.8, 4) is 22.6 Å². The van der Waals surface area contributed by atoms with Crippen LogP contribution >= 0.6 is 11.3 Å². The van der Waals surface area contributed by atoms with E-state index in [9.17, 15) is 17.6 Å². The van der Waals surface area contributed by atoms with Crippen LogP contribution in [-0.2, 0) is 17.1 Å². The summed E-state index contributed by atoms with van der Waals surface area (Å²) in [6.45, 7) is 8.62. The van der Waals surface area contributed by atoms with Crippen molar-refractivity contribution >= 4 is 37.3 Å². The minimum atomic E-state index is -3.75. The fourth-order valence-corrected chi connectivity index (χ4v) is 5.15. The largest absolute Gasteiger partial charge is 0.456 e. The molecule has 4 rings (SSSR count). The molecular weight excluding hydrogens is 477 g/mol. The summed E-state index contributed by atoms with van der Waals surface area (Å²) in [7, 11) is -2.11. The van der Waals surface area contributed by atoms with Crippen LogP contribution < -0.4 is 15.0 Å². The molecule has 1 N–H and O–H groups in total. The van der Waals surface area contributed by atoms with Crippen molar-refractivity contribution < 1.29 is 17.5 Å². The first kappa shape index (κ1) is 23.7. The third-order valence-corrected chi connectivity index (χ3v) is 7.13. The predicted octanol–water partition coefficient (Wildman–Crippen LogP) is 5.40. The molecule has 0 amide bonds. The Balaban J connectivity index is 1.98. The van der Waals surface area contributed by atoms with E-state index in [0.717, 1.165) is 10.4 Å². The van der Waals surface area contributed by atoms with Crippen molar-refractivity contribution in [1.82, 2.24) is 9.55 Å². The van der Waals surface area contributed by atoms with E-state index < -0.39 is 10.0 Å². The van der Waals surface area contributed by atoms with Crippen LogP contribution in [0.5, 0.6) is 11.5 Å². The topological polar surface area (TPSA) is 90.3 Å². The molecule has 0 aliphatic rings. The van der Waals surface area contributed by atoms with Crippen molar-refractivity contribution in [2.24, 2.45) is 7.05 Å². The van der Waals surface area contributed by atoms with Crippen LogP contribution in [0.3, 0.4) is 0 Å². The minimum Gasteiger partial charge on any atom is -0.456 e. The Morgan fingerprint density at radius 1 is 1.15 bits per heavy atom. The fourth-order valence-electron chi connectivity index (χ4n) is 3.69. The van der Waals surface area contributed by atoms with Crippen LogP contribution in [-0.4, -0.2) is 18.0 Å². The van der Waals surface area contributed by atoms with Gasteiger partial charge in [-0.05, 0) is 62.2 Å². The first-order valence-electron chi connectivity index (χ1n) is 10.2. The maximum absolute atomic E-state index is 13.8. The van der Waals surface area contributed by atoms with Gasteiger partial charge in [-0.1, -0.05) is 6.58 Å². The third-order valence-electron chi connectivity index (χ3n) is 5.21. The normalized spacial score (nSPS) is 11.6. The molecule has 0 aliphatic carbocycles. The number of pyridine rings is 1. The van der Waals surface area contributed by atoms with Crippen molar-refractivity contribution in [2.75, 3.05) is 4.72 Å². The summed E-state index contributed by atoms with van der Waals surface area (Å²) in [6, 6.07) is 7.54. The highest BCUT2D eigenvalue weighted by atomic mass is 32.2. The Bertz CT molecular complexity index is 1600. The van der Waals surface area contributed by atoms with Gasteiger partial charge in [-0.3, -0.25) is 9.52 Å². The van der Waals surface area contributed by atoms with Gasteiger partial charge in [-0.25, -0.2) is 17.8 Å². The van der Waals surface area contributed by atoms with Crippen LogP contribution in [0.2, 0.25) is 0 Å². The highest BCUT2D eigenvalue weighted by Crippen LogP contribution is 2.40. The van der Waals surface area contributed by atoms with Gasteiger partial charge >= 0.3 is 0 Å². The molecular formula is C24H22FN3O4S2. The Hall–Kier alpha value is -3.50. The van der Waals surface area contributed by atoms with E-state index in [1.807, 2.05) is 6.92 Å². The molecule has 0 radical (unpaired) electrons. The second kappa shape index (κ2) is 8.69. The molecule has 2 aromatic heterocycles. The quantitative estimate of drug-likeness (QED) is 0.383. The van der Waals surface area contributed by atoms with Crippen molar-refractivity contribution in [1.29, 1.82) is 0 Å². The fraction of sp³-hybridized carbons (Fsp3) is 0.167. The summed E-state index contributed by atoms with van der Waals surface area (Å²) in [5.41, 5.74) is 2.91. The lowest BCUT2D eigenvalue weighted by Gasteiger charge is -2.17. The van der Waals surface area contributed by atoms with E-state index in [4.69, 9.17) is 4.74 Å². The number of fused-ring (bicyclic) bond motifs is 1. The molecule has 0 atom stereocenters. The van der Waals surface area contributed by atoms with E-state index in [0.29, 0.717) is 44.0 Å². The summed E-state index contributed by atoms with van der Waals surface area (Å²) in [4.78, 5) is 17.2. The summed E-state index contributed by atoms with van der Waals surface area (Å²) >= 11 is 1.28. The SMILES string of the molecule is C=CS(=O)(=O)Nc1ccc(Oc2c(C)cc(F)cc2C)c(-c2cn(C)c(=O)c3sc(C)nc23)c1. The highest BCUT2D eigenvalue weighted by molar-refractivity contribution is 7.95. The molecule has 0 aliphatic heterocycles. The molecule has 7 nitrogen and oxygen atoms in total. The number of hydrogen-bond donors (Lipinski definition) is 1. The van der Waals surface area contributed by atoms with Crippen molar-refractivity contribution in [3.05, 3.63) is 80.8 Å². The van der Waals surface area contributed by atoms with Gasteiger partial charge in [0.15, 0.2) is 0 Å². The zero-order chi connectivity index (χ0) is 24.8. The van der Waals surface area contributed by atoms with E-state index in [-0.39, 0.29) is 17.1 Å². The molecule has 0 spiro atoms. The summed E-state index contributed by atoms with van der Waals surface area (Å²) in [6.07, 6.45) is 1.64. The lowest BCUT2D eigenvalue weighted by Crippen LogP contribution is -2.15. The van der Waals surface area contributed by atoms with Crippen LogP contribution in [0.15, 0.2) is 53.3 Å². The standard InChI is InChI=1S/C24H22FN3O4S2/c1-6-34(30,31)27-17-7-8-20(32-22-13(2)9-16(25)10-14(22)3)18(11-17)19-12-28(5)24(29)23-21(19)26-15(4)33-23/h6-12,27H,1H2,2-5H3. The smallest absolute Gasteiger partial charge is 0.269 e. The molecule has 2 aromatic carbocycles. The molecule has 4 aromatic rings. The maximum Gasteiger partial charge on any atom is 0.269 e. The molecule has 176 valence electrons. The molecule has 10 heteroatoms. The number of nitrogens with zero attached hydrogens (tertiary/aromatic N) is 2. The number of sulfonamides is 1. The number of benzene rings is 2. The molecule has 0 fully saturated rings. The predicted molar refractivity (Wildman–Crippen MR) is 134 cm³/mol. The average molecular weight is 500 g/mol. The Morgan fingerprint density at radius 3 is 2.47 bits per heavy atom. The van der Waals surface area contributed by atoms with E-state index in [2.05, 4.69) is 16.3 Å². The van der Waals surface area contributed by atoms with Gasteiger partial charge in [0.05, 0.1) is 10.5 Å². The number of aryl methyl sites for hydroxylation is 4. The zero-order valence-electron chi connectivity index (χ0n) is 19.0. The maximum atomic E-state index is 13.8. The first-order valence-corrected chi connectivity index (χ1v) is 12.6. The number of ether oxygens (including phenoxy) is 1. The molecule has 2 heterocycles. The van der Waals surface area contributed by atoms with Crippen molar-refractivity contribution in [3.63, 3.8) is 0 Å². The second-order valence-corrected chi connectivity index (χ2v) is 10.7. The lowest BCUT2D eigenvalue weighted by molar-refractivity contribution is 0.474. The minimum absolute atomic E-state index is 0.180. The number of thiazole rings is 1. The highest BCUT2D eigenvalue weighted by Gasteiger charge is 2.19. The number of hydrogen-bond acceptors (Lipinski definition) is 6. The molecule has 0 unspecified atom stereocenters. The molecule has 34 heavy (non-hydrogen) atoms. The van der Waals surface area contributed by atoms with Gasteiger partial charge in [0.25, 0.3) is 15.6 Å². The first-order chi connectivity index (χ1) is 16.0. The molecule has 0 saturated carbocycles. The summed E-state index contributed by atoms with van der Waals surface area (Å²) in [5.74, 6) is 0.511. The summed E-state index contributed by atoms with van der Waals surface area (Å²) < 4.78 is 48.6. The number of aromatic nitrogens is 2.